The Morgan fingerprint density at radius 2 is 1.67 bits per heavy atom. The third-order valence-electron chi connectivity index (χ3n) is 4.06. The molecule has 2 aromatic rings. The molecular formula is C18H17F2IN2O. The summed E-state index contributed by atoms with van der Waals surface area (Å²) in [4.78, 5) is 16.3. The van der Waals surface area contributed by atoms with Crippen LogP contribution in [0.15, 0.2) is 42.5 Å². The van der Waals surface area contributed by atoms with E-state index < -0.39 is 11.6 Å². The Balaban J connectivity index is 1.59. The van der Waals surface area contributed by atoms with Gasteiger partial charge >= 0.3 is 0 Å². The summed E-state index contributed by atoms with van der Waals surface area (Å²) in [7, 11) is 0. The predicted octanol–water partition coefficient (Wildman–Crippen LogP) is 3.53. The van der Waals surface area contributed by atoms with E-state index >= 15 is 0 Å². The average molecular weight is 442 g/mol. The number of benzene rings is 2. The molecule has 0 aliphatic carbocycles. The highest BCUT2D eigenvalue weighted by Gasteiger charge is 2.23. The second-order valence-electron chi connectivity index (χ2n) is 5.86. The maximum absolute atomic E-state index is 13.3. The minimum Gasteiger partial charge on any atom is -0.336 e. The Bertz CT molecular complexity index is 725. The maximum Gasteiger partial charge on any atom is 0.254 e. The molecule has 3 nitrogen and oxygen atoms in total. The topological polar surface area (TPSA) is 23.6 Å². The first-order chi connectivity index (χ1) is 11.5. The summed E-state index contributed by atoms with van der Waals surface area (Å²) in [6, 6.07) is 11.3. The van der Waals surface area contributed by atoms with Gasteiger partial charge in [0, 0.05) is 47.9 Å². The second-order valence-corrected chi connectivity index (χ2v) is 7.10. The number of hydrogen-bond donors (Lipinski definition) is 0. The van der Waals surface area contributed by atoms with Gasteiger partial charge in [0.05, 0.1) is 0 Å². The number of amides is 1. The molecule has 6 heteroatoms. The molecule has 1 aliphatic rings. The van der Waals surface area contributed by atoms with Gasteiger partial charge in [-0.15, -0.1) is 0 Å². The van der Waals surface area contributed by atoms with Crippen LogP contribution in [0.4, 0.5) is 8.78 Å². The van der Waals surface area contributed by atoms with Crippen molar-refractivity contribution in [3.8, 4) is 0 Å². The van der Waals surface area contributed by atoms with Gasteiger partial charge in [0.25, 0.3) is 5.91 Å². The van der Waals surface area contributed by atoms with Crippen LogP contribution in [0.5, 0.6) is 0 Å². The van der Waals surface area contributed by atoms with E-state index in [1.54, 1.807) is 4.90 Å². The summed E-state index contributed by atoms with van der Waals surface area (Å²) < 4.78 is 27.7. The van der Waals surface area contributed by atoms with Crippen molar-refractivity contribution in [2.24, 2.45) is 0 Å². The van der Waals surface area contributed by atoms with E-state index in [1.807, 2.05) is 6.07 Å². The number of carbonyl (C=O) groups excluding carboxylic acids is 1. The molecule has 0 bridgehead atoms. The van der Waals surface area contributed by atoms with Crippen molar-refractivity contribution in [1.29, 1.82) is 0 Å². The third kappa shape index (κ3) is 4.30. The Morgan fingerprint density at radius 3 is 2.29 bits per heavy atom. The SMILES string of the molecule is O=C(c1cc(F)cc(F)c1)N1CCN(Cc2cccc(I)c2)CC1. The van der Waals surface area contributed by atoms with Crippen LogP contribution in [0.2, 0.25) is 0 Å². The lowest BCUT2D eigenvalue weighted by atomic mass is 10.1. The number of hydrogen-bond acceptors (Lipinski definition) is 2. The predicted molar refractivity (Wildman–Crippen MR) is 96.7 cm³/mol. The quantitative estimate of drug-likeness (QED) is 0.680. The molecule has 24 heavy (non-hydrogen) atoms. The standard InChI is InChI=1S/C18H17F2IN2O/c19-15-9-14(10-16(20)11-15)18(24)23-6-4-22(5-7-23)12-13-2-1-3-17(21)8-13/h1-3,8-11H,4-7,12H2. The molecule has 126 valence electrons. The normalized spacial score (nSPS) is 15.5. The van der Waals surface area contributed by atoms with Gasteiger partial charge in [0.1, 0.15) is 11.6 Å². The average Bonchev–Trinajstić information content (AvgIpc) is 2.54. The third-order valence-corrected chi connectivity index (χ3v) is 4.74. The Morgan fingerprint density at radius 1 is 1.00 bits per heavy atom. The lowest BCUT2D eigenvalue weighted by Crippen LogP contribution is -2.48. The Hall–Kier alpha value is -1.54. The zero-order valence-electron chi connectivity index (χ0n) is 13.0. The summed E-state index contributed by atoms with van der Waals surface area (Å²) in [5.41, 5.74) is 1.31. The molecule has 3 rings (SSSR count). The highest BCUT2D eigenvalue weighted by molar-refractivity contribution is 14.1. The van der Waals surface area contributed by atoms with Crippen molar-refractivity contribution >= 4 is 28.5 Å². The summed E-state index contributed by atoms with van der Waals surface area (Å²) in [6.45, 7) is 3.44. The van der Waals surface area contributed by atoms with E-state index in [0.717, 1.165) is 37.8 Å². The van der Waals surface area contributed by atoms with Crippen molar-refractivity contribution in [3.05, 3.63) is 68.8 Å². The summed E-state index contributed by atoms with van der Waals surface area (Å²) >= 11 is 2.29. The van der Waals surface area contributed by atoms with E-state index in [1.165, 1.54) is 9.13 Å². The number of carbonyl (C=O) groups is 1. The zero-order chi connectivity index (χ0) is 17.1. The van der Waals surface area contributed by atoms with Crippen LogP contribution in [0.25, 0.3) is 0 Å². The number of halogens is 3. The number of piperazine rings is 1. The van der Waals surface area contributed by atoms with Crippen LogP contribution >= 0.6 is 22.6 Å². The first-order valence-electron chi connectivity index (χ1n) is 7.73. The Labute approximate surface area is 153 Å². The van der Waals surface area contributed by atoms with Crippen LogP contribution < -0.4 is 0 Å². The summed E-state index contributed by atoms with van der Waals surface area (Å²) in [6.07, 6.45) is 0. The molecule has 1 fully saturated rings. The molecule has 0 aromatic heterocycles. The molecule has 2 aromatic carbocycles. The summed E-state index contributed by atoms with van der Waals surface area (Å²) in [5.74, 6) is -1.77. The van der Waals surface area contributed by atoms with E-state index in [9.17, 15) is 13.6 Å². The largest absolute Gasteiger partial charge is 0.336 e. The molecule has 0 atom stereocenters. The fraction of sp³-hybridized carbons (Fsp3) is 0.278. The van der Waals surface area contributed by atoms with Crippen molar-refractivity contribution in [2.75, 3.05) is 26.2 Å². The smallest absolute Gasteiger partial charge is 0.254 e. The highest BCUT2D eigenvalue weighted by atomic mass is 127. The first kappa shape index (κ1) is 17.3. The maximum atomic E-state index is 13.3. The molecule has 1 amide bonds. The zero-order valence-corrected chi connectivity index (χ0v) is 15.2. The van der Waals surface area contributed by atoms with Crippen molar-refractivity contribution in [1.82, 2.24) is 9.80 Å². The molecule has 1 heterocycles. The van der Waals surface area contributed by atoms with Crippen molar-refractivity contribution < 1.29 is 13.6 Å². The second kappa shape index (κ2) is 7.57. The number of rotatable bonds is 3. The van der Waals surface area contributed by atoms with Crippen LogP contribution in [0.3, 0.4) is 0 Å². The molecule has 0 radical (unpaired) electrons. The van der Waals surface area contributed by atoms with Gasteiger partial charge in [-0.05, 0) is 52.4 Å². The van der Waals surface area contributed by atoms with Gasteiger partial charge in [-0.2, -0.15) is 0 Å². The number of nitrogens with zero attached hydrogens (tertiary/aromatic N) is 2. The molecule has 0 spiro atoms. The van der Waals surface area contributed by atoms with Crippen LogP contribution in [-0.2, 0) is 6.54 Å². The van der Waals surface area contributed by atoms with E-state index in [4.69, 9.17) is 0 Å². The minimum atomic E-state index is -0.726. The molecule has 1 aliphatic heterocycles. The van der Waals surface area contributed by atoms with Gasteiger partial charge in [0.2, 0.25) is 0 Å². The van der Waals surface area contributed by atoms with Crippen molar-refractivity contribution in [2.45, 2.75) is 6.54 Å². The monoisotopic (exact) mass is 442 g/mol. The van der Waals surface area contributed by atoms with Gasteiger partial charge in [-0.1, -0.05) is 12.1 Å². The van der Waals surface area contributed by atoms with Crippen molar-refractivity contribution in [3.63, 3.8) is 0 Å². The molecule has 0 saturated carbocycles. The van der Waals surface area contributed by atoms with Gasteiger partial charge in [-0.3, -0.25) is 9.69 Å². The van der Waals surface area contributed by atoms with E-state index in [2.05, 4.69) is 45.7 Å². The molecular weight excluding hydrogens is 425 g/mol. The van der Waals surface area contributed by atoms with Crippen LogP contribution in [-0.4, -0.2) is 41.9 Å². The van der Waals surface area contributed by atoms with Gasteiger partial charge in [0.15, 0.2) is 0 Å². The lowest BCUT2D eigenvalue weighted by molar-refractivity contribution is 0.0627. The fourth-order valence-corrected chi connectivity index (χ4v) is 3.47. The Kier molecular flexibility index (Phi) is 5.45. The van der Waals surface area contributed by atoms with Gasteiger partial charge in [-0.25, -0.2) is 8.78 Å². The minimum absolute atomic E-state index is 0.0681. The highest BCUT2D eigenvalue weighted by Crippen LogP contribution is 2.15. The fourth-order valence-electron chi connectivity index (χ4n) is 2.86. The lowest BCUT2D eigenvalue weighted by Gasteiger charge is -2.34. The van der Waals surface area contributed by atoms with E-state index in [-0.39, 0.29) is 11.5 Å². The summed E-state index contributed by atoms with van der Waals surface area (Å²) in [5, 5.41) is 0. The first-order valence-corrected chi connectivity index (χ1v) is 8.81. The molecule has 1 saturated heterocycles. The molecule has 0 unspecified atom stereocenters. The van der Waals surface area contributed by atoms with E-state index in [0.29, 0.717) is 13.1 Å². The van der Waals surface area contributed by atoms with Crippen LogP contribution in [0.1, 0.15) is 15.9 Å². The van der Waals surface area contributed by atoms with Crippen LogP contribution in [0, 0.1) is 15.2 Å². The van der Waals surface area contributed by atoms with Gasteiger partial charge < -0.3 is 4.90 Å². The molecule has 0 N–H and O–H groups in total.